The normalized spacial score (nSPS) is 17.0. The number of rotatable bonds is 7. The Labute approximate surface area is 138 Å². The fraction of sp³-hybridized carbons (Fsp3) is 0.556. The number of carbonyl (C=O) groups excluding carboxylic acids is 2. The summed E-state index contributed by atoms with van der Waals surface area (Å²) in [6, 6.07) is 9.18. The van der Waals surface area contributed by atoms with Crippen LogP contribution in [-0.2, 0) is 20.7 Å². The quantitative estimate of drug-likeness (QED) is 0.833. The fourth-order valence-electron chi connectivity index (χ4n) is 2.92. The van der Waals surface area contributed by atoms with Crippen molar-refractivity contribution in [2.45, 2.75) is 43.7 Å². The minimum absolute atomic E-state index is 0.0951. The van der Waals surface area contributed by atoms with E-state index in [-0.39, 0.29) is 17.4 Å². The van der Waals surface area contributed by atoms with Crippen molar-refractivity contribution in [3.05, 3.63) is 35.9 Å². The molecule has 2 amide bonds. The number of hydrogen-bond donors (Lipinski definition) is 1. The zero-order valence-electron chi connectivity index (χ0n) is 14.2. The first kappa shape index (κ1) is 17.5. The Balaban J connectivity index is 2.02. The van der Waals surface area contributed by atoms with Crippen molar-refractivity contribution in [2.24, 2.45) is 0 Å². The van der Waals surface area contributed by atoms with Crippen LogP contribution in [0.4, 0.5) is 0 Å². The van der Waals surface area contributed by atoms with Crippen LogP contribution < -0.4 is 5.32 Å². The molecule has 1 aliphatic carbocycles. The van der Waals surface area contributed by atoms with Gasteiger partial charge < -0.3 is 15.0 Å². The minimum Gasteiger partial charge on any atom is -0.378 e. The summed E-state index contributed by atoms with van der Waals surface area (Å²) < 4.78 is 5.50. The molecule has 1 atom stereocenters. The third-order valence-electron chi connectivity index (χ3n) is 4.54. The van der Waals surface area contributed by atoms with Crippen LogP contribution in [0.25, 0.3) is 0 Å². The number of nitrogens with one attached hydrogen (secondary N) is 1. The van der Waals surface area contributed by atoms with Gasteiger partial charge in [0.05, 0.1) is 12.0 Å². The molecule has 1 aromatic rings. The summed E-state index contributed by atoms with van der Waals surface area (Å²) >= 11 is 0. The van der Waals surface area contributed by atoms with E-state index >= 15 is 0 Å². The molecule has 0 spiro atoms. The van der Waals surface area contributed by atoms with E-state index in [2.05, 4.69) is 5.32 Å². The molecule has 2 rings (SSSR count). The van der Waals surface area contributed by atoms with Crippen LogP contribution in [0.2, 0.25) is 0 Å². The number of carbonyl (C=O) groups is 2. The number of nitrogens with zero attached hydrogens (tertiary/aromatic N) is 1. The van der Waals surface area contributed by atoms with Crippen LogP contribution in [-0.4, -0.2) is 49.6 Å². The van der Waals surface area contributed by atoms with E-state index in [1.54, 1.807) is 21.2 Å². The highest BCUT2D eigenvalue weighted by Crippen LogP contribution is 2.37. The van der Waals surface area contributed by atoms with Gasteiger partial charge in [0, 0.05) is 27.6 Å². The van der Waals surface area contributed by atoms with E-state index < -0.39 is 6.04 Å². The highest BCUT2D eigenvalue weighted by Gasteiger charge is 2.39. The lowest BCUT2D eigenvalue weighted by molar-refractivity contribution is -0.140. The molecule has 1 saturated carbocycles. The van der Waals surface area contributed by atoms with E-state index in [1.165, 1.54) is 4.90 Å². The predicted molar refractivity (Wildman–Crippen MR) is 89.0 cm³/mol. The van der Waals surface area contributed by atoms with Crippen molar-refractivity contribution in [3.63, 3.8) is 0 Å². The molecule has 23 heavy (non-hydrogen) atoms. The summed E-state index contributed by atoms with van der Waals surface area (Å²) in [5.74, 6) is -0.218. The molecule has 1 fully saturated rings. The predicted octanol–water partition coefficient (Wildman–Crippen LogP) is 1.76. The summed E-state index contributed by atoms with van der Waals surface area (Å²) in [6.45, 7) is 0. The van der Waals surface area contributed by atoms with Gasteiger partial charge in [-0.3, -0.25) is 9.59 Å². The molecule has 0 bridgehead atoms. The van der Waals surface area contributed by atoms with Gasteiger partial charge >= 0.3 is 0 Å². The number of methoxy groups -OCH3 is 1. The third-order valence-corrected chi connectivity index (χ3v) is 4.54. The first-order valence-corrected chi connectivity index (χ1v) is 8.05. The molecule has 0 unspecified atom stereocenters. The molecule has 1 N–H and O–H groups in total. The lowest BCUT2D eigenvalue weighted by atomic mass is 9.77. The van der Waals surface area contributed by atoms with E-state index in [9.17, 15) is 9.59 Å². The molecule has 0 radical (unpaired) electrons. The second kappa shape index (κ2) is 7.59. The molecule has 0 saturated heterocycles. The van der Waals surface area contributed by atoms with Gasteiger partial charge in [0.15, 0.2) is 0 Å². The molecular formula is C18H26N2O3. The first-order chi connectivity index (χ1) is 11.0. The maximum atomic E-state index is 12.4. The number of amides is 2. The monoisotopic (exact) mass is 318 g/mol. The zero-order chi connectivity index (χ0) is 16.9. The highest BCUT2D eigenvalue weighted by atomic mass is 16.5. The number of likely N-dealkylation sites (N-methyl/N-ethyl adjacent to an activating group) is 1. The Bertz CT molecular complexity index is 533. The average Bonchev–Trinajstić information content (AvgIpc) is 2.50. The van der Waals surface area contributed by atoms with Gasteiger partial charge in [-0.2, -0.15) is 0 Å². The standard InChI is InChI=1S/C18H26N2O3/c1-20(2)17(22)15(12-14-8-5-4-6-9-14)19-16(21)13-18(23-3)10-7-11-18/h4-6,8-9,15H,7,10-13H2,1-3H3,(H,19,21)/t15-/m1/s1. The number of benzene rings is 1. The Morgan fingerprint density at radius 2 is 1.91 bits per heavy atom. The molecule has 1 aliphatic rings. The van der Waals surface area contributed by atoms with Crippen molar-refractivity contribution >= 4 is 11.8 Å². The SMILES string of the molecule is COC1(CC(=O)N[C@H](Cc2ccccc2)C(=O)N(C)C)CCC1. The van der Waals surface area contributed by atoms with Crippen molar-refractivity contribution in [3.8, 4) is 0 Å². The average molecular weight is 318 g/mol. The minimum atomic E-state index is -0.547. The summed E-state index contributed by atoms with van der Waals surface area (Å²) in [5, 5.41) is 2.89. The lowest BCUT2D eigenvalue weighted by Crippen LogP contribution is -2.51. The zero-order valence-corrected chi connectivity index (χ0v) is 14.2. The molecule has 126 valence electrons. The van der Waals surface area contributed by atoms with Gasteiger partial charge in [-0.15, -0.1) is 0 Å². The summed E-state index contributed by atoms with van der Waals surface area (Å²) in [5.41, 5.74) is 0.695. The van der Waals surface area contributed by atoms with Crippen LogP contribution in [0.1, 0.15) is 31.2 Å². The Morgan fingerprint density at radius 1 is 1.26 bits per heavy atom. The van der Waals surface area contributed by atoms with Gasteiger partial charge in [-0.05, 0) is 24.8 Å². The van der Waals surface area contributed by atoms with E-state index in [1.807, 2.05) is 30.3 Å². The van der Waals surface area contributed by atoms with Crippen molar-refractivity contribution in [1.29, 1.82) is 0 Å². The maximum Gasteiger partial charge on any atom is 0.244 e. The van der Waals surface area contributed by atoms with Crippen LogP contribution in [0.3, 0.4) is 0 Å². The Morgan fingerprint density at radius 3 is 2.39 bits per heavy atom. The molecule has 0 aromatic heterocycles. The summed E-state index contributed by atoms with van der Waals surface area (Å²) in [6.07, 6.45) is 3.70. The summed E-state index contributed by atoms with van der Waals surface area (Å²) in [4.78, 5) is 26.3. The summed E-state index contributed by atoms with van der Waals surface area (Å²) in [7, 11) is 5.06. The molecule has 5 nitrogen and oxygen atoms in total. The Hall–Kier alpha value is -1.88. The Kier molecular flexibility index (Phi) is 5.77. The van der Waals surface area contributed by atoms with Crippen LogP contribution in [0.5, 0.6) is 0 Å². The number of ether oxygens (including phenoxy) is 1. The van der Waals surface area contributed by atoms with Gasteiger partial charge in [0.25, 0.3) is 0 Å². The molecule has 0 heterocycles. The fourth-order valence-corrected chi connectivity index (χ4v) is 2.92. The van der Waals surface area contributed by atoms with Crippen molar-refractivity contribution < 1.29 is 14.3 Å². The molecule has 5 heteroatoms. The lowest BCUT2D eigenvalue weighted by Gasteiger charge is -2.40. The van der Waals surface area contributed by atoms with Crippen LogP contribution >= 0.6 is 0 Å². The second-order valence-corrected chi connectivity index (χ2v) is 6.46. The first-order valence-electron chi connectivity index (χ1n) is 8.05. The van der Waals surface area contributed by atoms with Crippen molar-refractivity contribution in [1.82, 2.24) is 10.2 Å². The van der Waals surface area contributed by atoms with Gasteiger partial charge in [0.2, 0.25) is 11.8 Å². The van der Waals surface area contributed by atoms with E-state index in [4.69, 9.17) is 4.74 Å². The maximum absolute atomic E-state index is 12.4. The van der Waals surface area contributed by atoms with E-state index in [0.717, 1.165) is 24.8 Å². The van der Waals surface area contributed by atoms with Gasteiger partial charge in [-0.1, -0.05) is 30.3 Å². The largest absolute Gasteiger partial charge is 0.378 e. The third kappa shape index (κ3) is 4.55. The number of hydrogen-bond acceptors (Lipinski definition) is 3. The van der Waals surface area contributed by atoms with Crippen molar-refractivity contribution in [2.75, 3.05) is 21.2 Å². The highest BCUT2D eigenvalue weighted by molar-refractivity contribution is 5.88. The van der Waals surface area contributed by atoms with Crippen LogP contribution in [0.15, 0.2) is 30.3 Å². The van der Waals surface area contributed by atoms with Gasteiger partial charge in [-0.25, -0.2) is 0 Å². The smallest absolute Gasteiger partial charge is 0.244 e. The van der Waals surface area contributed by atoms with E-state index in [0.29, 0.717) is 12.8 Å². The van der Waals surface area contributed by atoms with Crippen LogP contribution in [0, 0.1) is 0 Å². The topological polar surface area (TPSA) is 58.6 Å². The van der Waals surface area contributed by atoms with Gasteiger partial charge in [0.1, 0.15) is 6.04 Å². The molecular weight excluding hydrogens is 292 g/mol. The molecule has 1 aromatic carbocycles. The molecule has 0 aliphatic heterocycles. The second-order valence-electron chi connectivity index (χ2n) is 6.46.